The summed E-state index contributed by atoms with van der Waals surface area (Å²) in [6, 6.07) is 9.14. The average molecular weight is 370 g/mol. The number of nitrogens with two attached hydrogens (primary N) is 2. The highest BCUT2D eigenvalue weighted by Crippen LogP contribution is 2.36. The number of benzene rings is 1. The Labute approximate surface area is 159 Å². The van der Waals surface area contributed by atoms with Gasteiger partial charge in [0.1, 0.15) is 11.6 Å². The van der Waals surface area contributed by atoms with Crippen LogP contribution in [0.4, 0.5) is 16.2 Å². The first-order chi connectivity index (χ1) is 13.1. The highest BCUT2D eigenvalue weighted by atomic mass is 19.1. The first-order valence-electron chi connectivity index (χ1n) is 9.68. The zero-order valence-corrected chi connectivity index (χ0v) is 15.5. The highest BCUT2D eigenvalue weighted by Gasteiger charge is 2.29. The van der Waals surface area contributed by atoms with Crippen molar-refractivity contribution >= 4 is 11.8 Å². The number of aromatic nitrogens is 2. The van der Waals surface area contributed by atoms with Gasteiger partial charge in [0.25, 0.3) is 0 Å². The smallest absolute Gasteiger partial charge is 0.222 e. The first-order valence-corrected chi connectivity index (χ1v) is 9.68. The van der Waals surface area contributed by atoms with E-state index in [0.29, 0.717) is 11.9 Å². The molecule has 4 rings (SSSR count). The van der Waals surface area contributed by atoms with Crippen molar-refractivity contribution in [2.24, 2.45) is 5.73 Å². The van der Waals surface area contributed by atoms with E-state index in [1.165, 1.54) is 12.1 Å². The Bertz CT molecular complexity index is 775. The van der Waals surface area contributed by atoms with Crippen LogP contribution in [0, 0.1) is 5.82 Å². The van der Waals surface area contributed by atoms with Crippen LogP contribution < -0.4 is 16.4 Å². The molecule has 7 heteroatoms. The van der Waals surface area contributed by atoms with Gasteiger partial charge < -0.3 is 16.4 Å². The summed E-state index contributed by atoms with van der Waals surface area (Å²) in [6.45, 7) is 4.62. The summed E-state index contributed by atoms with van der Waals surface area (Å²) < 4.78 is 13.1. The zero-order valence-electron chi connectivity index (χ0n) is 15.5. The molecule has 1 aliphatic heterocycles. The molecule has 6 nitrogen and oxygen atoms in total. The first kappa shape index (κ1) is 18.1. The normalized spacial score (nSPS) is 23.7. The Morgan fingerprint density at radius 2 is 1.81 bits per heavy atom. The fourth-order valence-electron chi connectivity index (χ4n) is 3.95. The fraction of sp³-hybridized carbons (Fsp3) is 0.500. The van der Waals surface area contributed by atoms with Crippen LogP contribution in [0.15, 0.2) is 30.3 Å². The van der Waals surface area contributed by atoms with Crippen LogP contribution >= 0.6 is 0 Å². The molecule has 0 spiro atoms. The third-order valence-electron chi connectivity index (χ3n) is 5.57. The maximum absolute atomic E-state index is 13.1. The Hall–Kier alpha value is -2.25. The Morgan fingerprint density at radius 1 is 1.04 bits per heavy atom. The monoisotopic (exact) mass is 370 g/mol. The minimum Gasteiger partial charge on any atom is -0.368 e. The molecular formula is C20H27FN6. The molecule has 0 bridgehead atoms. The Kier molecular flexibility index (Phi) is 5.22. The van der Waals surface area contributed by atoms with E-state index >= 15 is 0 Å². The lowest BCUT2D eigenvalue weighted by Crippen LogP contribution is -2.35. The van der Waals surface area contributed by atoms with Crippen LogP contribution in [0.2, 0.25) is 0 Å². The van der Waals surface area contributed by atoms with Gasteiger partial charge in [0, 0.05) is 50.7 Å². The Morgan fingerprint density at radius 3 is 2.56 bits per heavy atom. The second-order valence-electron chi connectivity index (χ2n) is 7.68. The molecule has 1 aromatic carbocycles. The quantitative estimate of drug-likeness (QED) is 0.858. The van der Waals surface area contributed by atoms with Gasteiger partial charge in [-0.25, -0.2) is 9.37 Å². The van der Waals surface area contributed by atoms with Gasteiger partial charge in [-0.3, -0.25) is 4.90 Å². The van der Waals surface area contributed by atoms with Gasteiger partial charge in [-0.1, -0.05) is 12.1 Å². The Balaban J connectivity index is 1.41. The van der Waals surface area contributed by atoms with Gasteiger partial charge in [0.15, 0.2) is 0 Å². The lowest BCUT2D eigenvalue weighted by atomic mass is 9.78. The van der Waals surface area contributed by atoms with E-state index in [9.17, 15) is 4.39 Å². The van der Waals surface area contributed by atoms with Crippen molar-refractivity contribution in [2.75, 3.05) is 36.8 Å². The predicted molar refractivity (Wildman–Crippen MR) is 105 cm³/mol. The summed E-state index contributed by atoms with van der Waals surface area (Å²) in [7, 11) is 0. The number of nitrogens with zero attached hydrogens (tertiary/aromatic N) is 4. The van der Waals surface area contributed by atoms with Crippen molar-refractivity contribution in [1.29, 1.82) is 0 Å². The molecule has 0 radical (unpaired) electrons. The molecule has 2 aromatic rings. The summed E-state index contributed by atoms with van der Waals surface area (Å²) >= 11 is 0. The second-order valence-corrected chi connectivity index (χ2v) is 7.68. The summed E-state index contributed by atoms with van der Waals surface area (Å²) in [6.07, 6.45) is 3.00. The van der Waals surface area contributed by atoms with E-state index in [0.717, 1.165) is 69.1 Å². The van der Waals surface area contributed by atoms with Crippen molar-refractivity contribution in [3.05, 3.63) is 47.4 Å². The molecule has 4 N–H and O–H groups in total. The maximum atomic E-state index is 13.1. The van der Waals surface area contributed by atoms with E-state index in [1.807, 2.05) is 12.1 Å². The lowest BCUT2D eigenvalue weighted by molar-refractivity contribution is 0.285. The number of hydrogen-bond acceptors (Lipinski definition) is 6. The third kappa shape index (κ3) is 4.36. The molecule has 0 unspecified atom stereocenters. The number of rotatable bonds is 4. The standard InChI is InChI=1S/C20H27FN6/c21-16-4-2-14(3-5-16)13-26-6-1-7-27(9-8-26)19-12-18(24-20(23)25-19)15-10-17(22)11-15/h2-5,12,15,17H,1,6-11,13,22H2,(H2,23,24,25). The number of hydrogen-bond donors (Lipinski definition) is 2. The van der Waals surface area contributed by atoms with E-state index in [2.05, 4.69) is 25.8 Å². The molecule has 2 fully saturated rings. The third-order valence-corrected chi connectivity index (χ3v) is 5.57. The SMILES string of the molecule is Nc1nc(C2CC(N)C2)cc(N2CCCN(Cc3ccc(F)cc3)CC2)n1. The minimum absolute atomic E-state index is 0.189. The number of nitrogen functional groups attached to an aromatic ring is 1. The number of anilines is 2. The van der Waals surface area contributed by atoms with Crippen molar-refractivity contribution < 1.29 is 4.39 Å². The largest absolute Gasteiger partial charge is 0.368 e. The zero-order chi connectivity index (χ0) is 18.8. The van der Waals surface area contributed by atoms with Gasteiger partial charge in [0.2, 0.25) is 5.95 Å². The summed E-state index contributed by atoms with van der Waals surface area (Å²) in [5, 5.41) is 0. The van der Waals surface area contributed by atoms with Gasteiger partial charge in [-0.2, -0.15) is 4.98 Å². The van der Waals surface area contributed by atoms with E-state index in [1.54, 1.807) is 0 Å². The van der Waals surface area contributed by atoms with Gasteiger partial charge >= 0.3 is 0 Å². The van der Waals surface area contributed by atoms with Gasteiger partial charge in [-0.05, 0) is 37.0 Å². The molecule has 27 heavy (non-hydrogen) atoms. The molecule has 1 saturated heterocycles. The maximum Gasteiger partial charge on any atom is 0.222 e. The molecule has 144 valence electrons. The molecular weight excluding hydrogens is 343 g/mol. The molecule has 2 aliphatic rings. The van der Waals surface area contributed by atoms with Crippen molar-refractivity contribution in [1.82, 2.24) is 14.9 Å². The summed E-state index contributed by atoms with van der Waals surface area (Å²) in [5.41, 5.74) is 14.1. The van der Waals surface area contributed by atoms with Gasteiger partial charge in [0.05, 0.1) is 5.69 Å². The van der Waals surface area contributed by atoms with Crippen LogP contribution in [-0.2, 0) is 6.54 Å². The molecule has 1 aromatic heterocycles. The predicted octanol–water partition coefficient (Wildman–Crippen LogP) is 2.11. The lowest BCUT2D eigenvalue weighted by Gasteiger charge is -2.32. The molecule has 1 aliphatic carbocycles. The van der Waals surface area contributed by atoms with Gasteiger partial charge in [-0.15, -0.1) is 0 Å². The van der Waals surface area contributed by atoms with Crippen LogP contribution in [0.1, 0.15) is 36.4 Å². The number of halogens is 1. The summed E-state index contributed by atoms with van der Waals surface area (Å²) in [4.78, 5) is 13.6. The summed E-state index contributed by atoms with van der Waals surface area (Å²) in [5.74, 6) is 1.48. The van der Waals surface area contributed by atoms with E-state index < -0.39 is 0 Å². The van der Waals surface area contributed by atoms with Crippen LogP contribution in [0.5, 0.6) is 0 Å². The van der Waals surface area contributed by atoms with Crippen LogP contribution in [-0.4, -0.2) is 47.1 Å². The average Bonchev–Trinajstić information content (AvgIpc) is 2.86. The van der Waals surface area contributed by atoms with E-state index in [4.69, 9.17) is 11.5 Å². The highest BCUT2D eigenvalue weighted by molar-refractivity contribution is 5.45. The van der Waals surface area contributed by atoms with Crippen molar-refractivity contribution in [3.63, 3.8) is 0 Å². The molecule has 1 saturated carbocycles. The molecule has 2 heterocycles. The minimum atomic E-state index is -0.189. The van der Waals surface area contributed by atoms with Crippen molar-refractivity contribution in [2.45, 2.75) is 37.8 Å². The van der Waals surface area contributed by atoms with E-state index in [-0.39, 0.29) is 11.9 Å². The van der Waals surface area contributed by atoms with Crippen LogP contribution in [0.25, 0.3) is 0 Å². The fourth-order valence-corrected chi connectivity index (χ4v) is 3.95. The molecule has 0 amide bonds. The second kappa shape index (κ2) is 7.78. The van der Waals surface area contributed by atoms with Crippen LogP contribution in [0.3, 0.4) is 0 Å². The molecule has 0 atom stereocenters. The topological polar surface area (TPSA) is 84.3 Å². The van der Waals surface area contributed by atoms with Crippen molar-refractivity contribution in [3.8, 4) is 0 Å².